The van der Waals surface area contributed by atoms with Crippen molar-refractivity contribution in [3.63, 3.8) is 0 Å². The third kappa shape index (κ3) is 3.02. The van der Waals surface area contributed by atoms with Crippen LogP contribution in [-0.4, -0.2) is 12.3 Å². The molecule has 21 heavy (non-hydrogen) atoms. The Labute approximate surface area is 125 Å². The van der Waals surface area contributed by atoms with Gasteiger partial charge in [-0.25, -0.2) is 0 Å². The topological polar surface area (TPSA) is 12.0 Å². The summed E-state index contributed by atoms with van der Waals surface area (Å²) in [6.07, 6.45) is -4.33. The number of hydrogen-bond acceptors (Lipinski definition) is 2. The van der Waals surface area contributed by atoms with Gasteiger partial charge >= 0.3 is 6.18 Å². The Kier molecular flexibility index (Phi) is 3.85. The van der Waals surface area contributed by atoms with Gasteiger partial charge in [0.05, 0.1) is 5.56 Å². The lowest BCUT2D eigenvalue weighted by atomic mass is 10.0. The molecular formula is C16H14F3NS. The van der Waals surface area contributed by atoms with Crippen molar-refractivity contribution >= 4 is 17.4 Å². The molecule has 2 aromatic rings. The fraction of sp³-hybridized carbons (Fsp3) is 0.250. The molecule has 0 amide bonds. The van der Waals surface area contributed by atoms with Crippen molar-refractivity contribution in [2.24, 2.45) is 0 Å². The summed E-state index contributed by atoms with van der Waals surface area (Å²) in [6, 6.07) is 13.7. The molecule has 3 rings (SSSR count). The largest absolute Gasteiger partial charge is 0.418 e. The SMILES string of the molecule is FC(F)(F)c1ccccc1NCC1CSc2ccccc21. The van der Waals surface area contributed by atoms with E-state index in [2.05, 4.69) is 17.4 Å². The molecule has 0 radical (unpaired) electrons. The minimum atomic E-state index is -4.33. The van der Waals surface area contributed by atoms with Crippen LogP contribution in [0.25, 0.3) is 0 Å². The summed E-state index contributed by atoms with van der Waals surface area (Å²) in [5.41, 5.74) is 0.766. The van der Waals surface area contributed by atoms with E-state index in [4.69, 9.17) is 0 Å². The monoisotopic (exact) mass is 309 g/mol. The summed E-state index contributed by atoms with van der Waals surface area (Å²) < 4.78 is 38.8. The molecule has 1 heterocycles. The van der Waals surface area contributed by atoms with Gasteiger partial charge in [0.1, 0.15) is 0 Å². The van der Waals surface area contributed by atoms with Crippen molar-refractivity contribution in [2.75, 3.05) is 17.6 Å². The Morgan fingerprint density at radius 1 is 1.05 bits per heavy atom. The average Bonchev–Trinajstić information content (AvgIpc) is 2.88. The zero-order valence-corrected chi connectivity index (χ0v) is 12.0. The number of fused-ring (bicyclic) bond motifs is 1. The van der Waals surface area contributed by atoms with Crippen molar-refractivity contribution in [3.05, 3.63) is 59.7 Å². The highest BCUT2D eigenvalue weighted by molar-refractivity contribution is 7.99. The zero-order valence-electron chi connectivity index (χ0n) is 11.2. The van der Waals surface area contributed by atoms with E-state index in [-0.39, 0.29) is 11.6 Å². The normalized spacial score (nSPS) is 17.6. The van der Waals surface area contributed by atoms with E-state index in [9.17, 15) is 13.2 Å². The highest BCUT2D eigenvalue weighted by Crippen LogP contribution is 2.40. The number of halogens is 3. The predicted octanol–water partition coefficient (Wildman–Crippen LogP) is 5.01. The maximum atomic E-state index is 12.9. The first-order valence-corrected chi connectivity index (χ1v) is 7.66. The van der Waals surface area contributed by atoms with Gasteiger partial charge in [0, 0.05) is 28.8 Å². The molecule has 0 saturated heterocycles. The molecule has 0 bridgehead atoms. The summed E-state index contributed by atoms with van der Waals surface area (Å²) in [5, 5.41) is 2.97. The molecule has 1 atom stereocenters. The summed E-state index contributed by atoms with van der Waals surface area (Å²) in [5.74, 6) is 1.15. The molecular weight excluding hydrogens is 295 g/mol. The quantitative estimate of drug-likeness (QED) is 0.855. The van der Waals surface area contributed by atoms with Gasteiger partial charge in [-0.3, -0.25) is 0 Å². The van der Waals surface area contributed by atoms with E-state index in [1.807, 2.05) is 12.1 Å². The van der Waals surface area contributed by atoms with E-state index < -0.39 is 11.7 Å². The maximum Gasteiger partial charge on any atom is 0.418 e. The second-order valence-corrected chi connectivity index (χ2v) is 6.03. The molecule has 1 nitrogen and oxygen atoms in total. The molecule has 0 spiro atoms. The summed E-state index contributed by atoms with van der Waals surface area (Å²) in [6.45, 7) is 0.511. The molecule has 110 valence electrons. The number of nitrogens with one attached hydrogen (secondary N) is 1. The van der Waals surface area contributed by atoms with Crippen molar-refractivity contribution in [2.45, 2.75) is 17.0 Å². The van der Waals surface area contributed by atoms with Gasteiger partial charge in [0.15, 0.2) is 0 Å². The zero-order chi connectivity index (χ0) is 14.9. The van der Waals surface area contributed by atoms with Gasteiger partial charge in [-0.1, -0.05) is 30.3 Å². The summed E-state index contributed by atoms with van der Waals surface area (Å²) in [7, 11) is 0. The lowest BCUT2D eigenvalue weighted by Crippen LogP contribution is -2.16. The van der Waals surface area contributed by atoms with Crippen molar-refractivity contribution in [3.8, 4) is 0 Å². The predicted molar refractivity (Wildman–Crippen MR) is 79.8 cm³/mol. The van der Waals surface area contributed by atoms with Crippen LogP contribution in [0.4, 0.5) is 18.9 Å². The van der Waals surface area contributed by atoms with Crippen molar-refractivity contribution in [1.29, 1.82) is 0 Å². The smallest absolute Gasteiger partial charge is 0.384 e. The summed E-state index contributed by atoms with van der Waals surface area (Å²) >= 11 is 1.76. The first-order valence-electron chi connectivity index (χ1n) is 6.67. The maximum absolute atomic E-state index is 12.9. The highest BCUT2D eigenvalue weighted by atomic mass is 32.2. The molecule has 2 aromatic carbocycles. The molecule has 1 aliphatic rings. The number of alkyl halides is 3. The Morgan fingerprint density at radius 3 is 2.57 bits per heavy atom. The van der Waals surface area contributed by atoms with Crippen molar-refractivity contribution in [1.82, 2.24) is 0 Å². The van der Waals surface area contributed by atoms with Gasteiger partial charge in [0.2, 0.25) is 0 Å². The van der Waals surface area contributed by atoms with Crippen LogP contribution in [0.15, 0.2) is 53.4 Å². The fourth-order valence-electron chi connectivity index (χ4n) is 2.52. The number of thioether (sulfide) groups is 1. The Bertz CT molecular complexity index is 639. The number of anilines is 1. The van der Waals surface area contributed by atoms with Gasteiger partial charge in [0.25, 0.3) is 0 Å². The number of hydrogen-bond donors (Lipinski definition) is 1. The number of rotatable bonds is 3. The molecule has 5 heteroatoms. The van der Waals surface area contributed by atoms with Crippen LogP contribution in [0.1, 0.15) is 17.0 Å². The minimum Gasteiger partial charge on any atom is -0.384 e. The van der Waals surface area contributed by atoms with Crippen LogP contribution in [0, 0.1) is 0 Å². The van der Waals surface area contributed by atoms with E-state index in [1.54, 1.807) is 17.8 Å². The Balaban J connectivity index is 1.75. The molecule has 0 aromatic heterocycles. The second-order valence-electron chi connectivity index (χ2n) is 4.97. The Morgan fingerprint density at radius 2 is 1.76 bits per heavy atom. The van der Waals surface area contributed by atoms with Crippen molar-refractivity contribution < 1.29 is 13.2 Å². The van der Waals surface area contributed by atoms with E-state index in [0.29, 0.717) is 6.54 Å². The average molecular weight is 309 g/mol. The lowest BCUT2D eigenvalue weighted by molar-refractivity contribution is -0.136. The fourth-order valence-corrected chi connectivity index (χ4v) is 3.77. The van der Waals surface area contributed by atoms with Crippen LogP contribution >= 0.6 is 11.8 Å². The molecule has 1 aliphatic heterocycles. The van der Waals surface area contributed by atoms with Crippen LogP contribution < -0.4 is 5.32 Å². The number of benzene rings is 2. The van der Waals surface area contributed by atoms with Crippen LogP contribution in [0.3, 0.4) is 0 Å². The van der Waals surface area contributed by atoms with Crippen LogP contribution in [0.5, 0.6) is 0 Å². The molecule has 0 saturated carbocycles. The molecule has 0 fully saturated rings. The standard InChI is InChI=1S/C16H14F3NS/c17-16(18,19)13-6-2-3-7-14(13)20-9-11-10-21-15-8-4-1-5-12(11)15/h1-8,11,20H,9-10H2. The number of para-hydroxylation sites is 1. The lowest BCUT2D eigenvalue weighted by Gasteiger charge is -2.17. The van der Waals surface area contributed by atoms with Gasteiger partial charge in [-0.15, -0.1) is 11.8 Å². The molecule has 1 N–H and O–H groups in total. The van der Waals surface area contributed by atoms with Crippen LogP contribution in [0.2, 0.25) is 0 Å². The van der Waals surface area contributed by atoms with Crippen LogP contribution in [-0.2, 0) is 6.18 Å². The summed E-state index contributed by atoms with van der Waals surface area (Å²) in [4.78, 5) is 1.23. The first kappa shape index (κ1) is 14.3. The third-order valence-corrected chi connectivity index (χ3v) is 4.82. The van der Waals surface area contributed by atoms with E-state index in [0.717, 1.165) is 11.8 Å². The van der Waals surface area contributed by atoms with Gasteiger partial charge < -0.3 is 5.32 Å². The third-order valence-electron chi connectivity index (χ3n) is 3.57. The highest BCUT2D eigenvalue weighted by Gasteiger charge is 2.33. The van der Waals surface area contributed by atoms with E-state index in [1.165, 1.54) is 22.6 Å². The molecule has 1 unspecified atom stereocenters. The second kappa shape index (κ2) is 5.64. The minimum absolute atomic E-state index is 0.152. The molecule has 0 aliphatic carbocycles. The first-order chi connectivity index (χ1) is 10.1. The van der Waals surface area contributed by atoms with Gasteiger partial charge in [-0.05, 0) is 23.8 Å². The van der Waals surface area contributed by atoms with E-state index >= 15 is 0 Å². The van der Waals surface area contributed by atoms with Gasteiger partial charge in [-0.2, -0.15) is 13.2 Å². The Hall–Kier alpha value is -1.62.